The molecule has 1 heterocycles. The predicted octanol–water partition coefficient (Wildman–Crippen LogP) is 3.74. The molecule has 28 heavy (non-hydrogen) atoms. The average Bonchev–Trinajstić information content (AvgIpc) is 3.23. The Hall–Kier alpha value is -1.02. The quantitative estimate of drug-likeness (QED) is 0.355. The van der Waals surface area contributed by atoms with Gasteiger partial charge >= 0.3 is 0 Å². The number of methoxy groups -OCH3 is 1. The summed E-state index contributed by atoms with van der Waals surface area (Å²) in [5.41, 5.74) is 2.46. The highest BCUT2D eigenvalue weighted by molar-refractivity contribution is 14.0. The molecule has 0 bridgehead atoms. The Morgan fingerprint density at radius 1 is 1.18 bits per heavy atom. The zero-order valence-electron chi connectivity index (χ0n) is 17.7. The molecule has 158 valence electrons. The summed E-state index contributed by atoms with van der Waals surface area (Å²) in [6, 6.07) is 7.82. The molecule has 5 nitrogen and oxygen atoms in total. The zero-order valence-corrected chi connectivity index (χ0v) is 20.0. The molecule has 1 aromatic rings. The van der Waals surface area contributed by atoms with Gasteiger partial charge in [-0.25, -0.2) is 0 Å². The van der Waals surface area contributed by atoms with Crippen molar-refractivity contribution >= 4 is 29.9 Å². The maximum Gasteiger partial charge on any atom is 0.191 e. The molecular formula is C22H37IN4O. The maximum absolute atomic E-state index is 5.42. The number of hydrogen-bond donors (Lipinski definition) is 2. The summed E-state index contributed by atoms with van der Waals surface area (Å²) < 4.78 is 5.42. The number of halogens is 1. The lowest BCUT2D eigenvalue weighted by Gasteiger charge is -2.36. The number of nitrogens with zero attached hydrogens (tertiary/aromatic N) is 2. The van der Waals surface area contributed by atoms with Crippen LogP contribution in [0.1, 0.15) is 49.7 Å². The van der Waals surface area contributed by atoms with E-state index in [0.29, 0.717) is 6.04 Å². The first-order valence-corrected chi connectivity index (χ1v) is 10.5. The molecule has 3 rings (SSSR count). The van der Waals surface area contributed by atoms with Crippen LogP contribution < -0.4 is 15.4 Å². The van der Waals surface area contributed by atoms with Crippen molar-refractivity contribution in [3.05, 3.63) is 29.3 Å². The Labute approximate surface area is 187 Å². The van der Waals surface area contributed by atoms with Crippen LogP contribution in [0.2, 0.25) is 0 Å². The smallest absolute Gasteiger partial charge is 0.191 e. The van der Waals surface area contributed by atoms with E-state index in [4.69, 9.17) is 4.74 Å². The SMILES string of the molecule is CN=C(NCCc1ccc(C)c(OC)c1)NC1CCN(C2CCCC2)CC1.I. The van der Waals surface area contributed by atoms with Crippen molar-refractivity contribution in [3.8, 4) is 5.75 Å². The van der Waals surface area contributed by atoms with Gasteiger partial charge in [-0.3, -0.25) is 4.99 Å². The molecule has 0 aromatic heterocycles. The second kappa shape index (κ2) is 11.9. The largest absolute Gasteiger partial charge is 0.496 e. The van der Waals surface area contributed by atoms with Crippen molar-refractivity contribution < 1.29 is 4.74 Å². The molecule has 0 spiro atoms. The molecule has 0 unspecified atom stereocenters. The summed E-state index contributed by atoms with van der Waals surface area (Å²) in [4.78, 5) is 7.13. The lowest BCUT2D eigenvalue weighted by Crippen LogP contribution is -2.50. The molecule has 0 amide bonds. The highest BCUT2D eigenvalue weighted by Crippen LogP contribution is 2.26. The normalized spacial score (nSPS) is 19.3. The van der Waals surface area contributed by atoms with Crippen LogP contribution in [0, 0.1) is 6.92 Å². The third-order valence-corrected chi connectivity index (χ3v) is 6.11. The minimum atomic E-state index is 0. The van der Waals surface area contributed by atoms with E-state index < -0.39 is 0 Å². The maximum atomic E-state index is 5.42. The third-order valence-electron chi connectivity index (χ3n) is 6.11. The Balaban J connectivity index is 0.00000280. The van der Waals surface area contributed by atoms with Crippen molar-refractivity contribution in [2.24, 2.45) is 4.99 Å². The Bertz CT molecular complexity index is 623. The second-order valence-corrected chi connectivity index (χ2v) is 7.95. The molecule has 6 heteroatoms. The van der Waals surface area contributed by atoms with E-state index in [-0.39, 0.29) is 24.0 Å². The van der Waals surface area contributed by atoms with Gasteiger partial charge in [0.15, 0.2) is 5.96 Å². The predicted molar refractivity (Wildman–Crippen MR) is 128 cm³/mol. The highest BCUT2D eigenvalue weighted by Gasteiger charge is 2.27. The minimum absolute atomic E-state index is 0. The fourth-order valence-electron chi connectivity index (χ4n) is 4.41. The van der Waals surface area contributed by atoms with Gasteiger partial charge in [0.05, 0.1) is 7.11 Å². The van der Waals surface area contributed by atoms with Gasteiger partial charge in [0.25, 0.3) is 0 Å². The fraction of sp³-hybridized carbons (Fsp3) is 0.682. The molecule has 1 saturated carbocycles. The number of benzene rings is 1. The third kappa shape index (κ3) is 6.51. The van der Waals surface area contributed by atoms with Crippen molar-refractivity contribution in [2.75, 3.05) is 33.8 Å². The van der Waals surface area contributed by atoms with Crippen LogP contribution in [-0.2, 0) is 6.42 Å². The summed E-state index contributed by atoms with van der Waals surface area (Å²) in [6.07, 6.45) is 9.05. The van der Waals surface area contributed by atoms with Crippen molar-refractivity contribution in [3.63, 3.8) is 0 Å². The number of likely N-dealkylation sites (tertiary alicyclic amines) is 1. The Kier molecular flexibility index (Phi) is 9.85. The van der Waals surface area contributed by atoms with Gasteiger partial charge in [-0.05, 0) is 56.2 Å². The molecular weight excluding hydrogens is 463 g/mol. The number of hydrogen-bond acceptors (Lipinski definition) is 3. The summed E-state index contributed by atoms with van der Waals surface area (Å²) in [6.45, 7) is 5.39. The number of rotatable bonds is 6. The number of piperidine rings is 1. The van der Waals surface area contributed by atoms with E-state index in [0.717, 1.165) is 30.7 Å². The van der Waals surface area contributed by atoms with E-state index in [1.165, 1.54) is 62.7 Å². The van der Waals surface area contributed by atoms with Crippen molar-refractivity contribution in [1.29, 1.82) is 0 Å². The summed E-state index contributed by atoms with van der Waals surface area (Å²) in [7, 11) is 3.59. The van der Waals surface area contributed by atoms with Gasteiger partial charge in [0.2, 0.25) is 0 Å². The average molecular weight is 500 g/mol. The van der Waals surface area contributed by atoms with Crippen molar-refractivity contribution in [2.45, 2.75) is 64.0 Å². The van der Waals surface area contributed by atoms with Gasteiger partial charge < -0.3 is 20.3 Å². The molecule has 1 aliphatic carbocycles. The van der Waals surface area contributed by atoms with E-state index in [1.54, 1.807) is 7.11 Å². The lowest BCUT2D eigenvalue weighted by molar-refractivity contribution is 0.150. The molecule has 0 atom stereocenters. The van der Waals surface area contributed by atoms with E-state index in [9.17, 15) is 0 Å². The second-order valence-electron chi connectivity index (χ2n) is 7.95. The topological polar surface area (TPSA) is 48.9 Å². The van der Waals surface area contributed by atoms with Crippen LogP contribution >= 0.6 is 24.0 Å². The first-order valence-electron chi connectivity index (χ1n) is 10.5. The van der Waals surface area contributed by atoms with Gasteiger partial charge in [-0.15, -0.1) is 24.0 Å². The Morgan fingerprint density at radius 2 is 1.89 bits per heavy atom. The summed E-state index contributed by atoms with van der Waals surface area (Å²) in [5, 5.41) is 7.09. The first-order chi connectivity index (χ1) is 13.2. The lowest BCUT2D eigenvalue weighted by atomic mass is 10.0. The summed E-state index contributed by atoms with van der Waals surface area (Å²) >= 11 is 0. The summed E-state index contributed by atoms with van der Waals surface area (Å²) in [5.74, 6) is 1.89. The van der Waals surface area contributed by atoms with Crippen LogP contribution in [0.4, 0.5) is 0 Å². The first kappa shape index (κ1) is 23.3. The monoisotopic (exact) mass is 500 g/mol. The number of aliphatic imine (C=N–C) groups is 1. The van der Waals surface area contributed by atoms with E-state index in [2.05, 4.69) is 45.6 Å². The highest BCUT2D eigenvalue weighted by atomic mass is 127. The fourth-order valence-corrected chi connectivity index (χ4v) is 4.41. The Morgan fingerprint density at radius 3 is 2.54 bits per heavy atom. The molecule has 0 radical (unpaired) electrons. The van der Waals surface area contributed by atoms with Gasteiger partial charge in [0.1, 0.15) is 5.75 Å². The van der Waals surface area contributed by atoms with Crippen LogP contribution in [0.25, 0.3) is 0 Å². The van der Waals surface area contributed by atoms with Crippen LogP contribution in [0.5, 0.6) is 5.75 Å². The number of ether oxygens (including phenoxy) is 1. The van der Waals surface area contributed by atoms with Crippen LogP contribution in [0.3, 0.4) is 0 Å². The van der Waals surface area contributed by atoms with Gasteiger partial charge in [0, 0.05) is 38.8 Å². The number of guanidine groups is 1. The minimum Gasteiger partial charge on any atom is -0.496 e. The molecule has 1 aliphatic heterocycles. The molecule has 1 aromatic carbocycles. The van der Waals surface area contributed by atoms with Gasteiger partial charge in [-0.2, -0.15) is 0 Å². The zero-order chi connectivity index (χ0) is 19.1. The van der Waals surface area contributed by atoms with Crippen LogP contribution in [0.15, 0.2) is 23.2 Å². The number of nitrogens with one attached hydrogen (secondary N) is 2. The van der Waals surface area contributed by atoms with E-state index >= 15 is 0 Å². The number of aryl methyl sites for hydroxylation is 1. The molecule has 2 N–H and O–H groups in total. The van der Waals surface area contributed by atoms with Crippen molar-refractivity contribution in [1.82, 2.24) is 15.5 Å². The standard InChI is InChI=1S/C22H36N4O.HI/c1-17-8-9-18(16-21(17)27-3)10-13-24-22(23-2)25-19-11-14-26(15-12-19)20-6-4-5-7-20;/h8-9,16,19-20H,4-7,10-15H2,1-3H3,(H2,23,24,25);1H. The molecule has 1 saturated heterocycles. The molecule has 2 aliphatic rings. The molecule has 2 fully saturated rings. The van der Waals surface area contributed by atoms with E-state index in [1.807, 2.05) is 7.05 Å². The van der Waals surface area contributed by atoms with Gasteiger partial charge in [-0.1, -0.05) is 25.0 Å². The van der Waals surface area contributed by atoms with Crippen LogP contribution in [-0.4, -0.2) is 56.7 Å².